The van der Waals surface area contributed by atoms with Gasteiger partial charge in [-0.2, -0.15) is 0 Å². The quantitative estimate of drug-likeness (QED) is 0.620. The van der Waals surface area contributed by atoms with Crippen LogP contribution in [-0.4, -0.2) is 42.2 Å². The molecule has 142 valence electrons. The first-order chi connectivity index (χ1) is 11.9. The summed E-state index contributed by atoms with van der Waals surface area (Å²) in [6.45, 7) is 6.90. The maximum absolute atomic E-state index is 6.09. The van der Waals surface area contributed by atoms with E-state index in [1.54, 1.807) is 21.3 Å². The normalized spacial score (nSPS) is 20.3. The minimum absolute atomic E-state index is 0.239. The van der Waals surface area contributed by atoms with E-state index in [1.165, 1.54) is 0 Å². The lowest BCUT2D eigenvalue weighted by Gasteiger charge is -2.36. The molecule has 1 aromatic carbocycles. The molecule has 0 bridgehead atoms. The molecule has 1 heterocycles. The lowest BCUT2D eigenvalue weighted by molar-refractivity contribution is -0.199. The minimum Gasteiger partial charge on any atom is -0.489 e. The summed E-state index contributed by atoms with van der Waals surface area (Å²) in [5.74, 6) is 1.61. The van der Waals surface area contributed by atoms with E-state index in [1.807, 2.05) is 25.1 Å². The van der Waals surface area contributed by atoms with Gasteiger partial charge in [0, 0.05) is 40.2 Å². The van der Waals surface area contributed by atoms with Crippen LogP contribution in [0.2, 0.25) is 0 Å². The van der Waals surface area contributed by atoms with Crippen molar-refractivity contribution in [1.82, 2.24) is 0 Å². The summed E-state index contributed by atoms with van der Waals surface area (Å²) in [6, 6.07) is 5.74. The highest BCUT2D eigenvalue weighted by Gasteiger charge is 2.39. The first-order valence-corrected chi connectivity index (χ1v) is 10.5. The summed E-state index contributed by atoms with van der Waals surface area (Å²) < 4.78 is 34.0. The van der Waals surface area contributed by atoms with E-state index in [9.17, 15) is 0 Å². The number of ether oxygens (including phenoxy) is 3. The van der Waals surface area contributed by atoms with Crippen molar-refractivity contribution >= 4 is 8.80 Å². The van der Waals surface area contributed by atoms with Crippen LogP contribution in [0.3, 0.4) is 0 Å². The van der Waals surface area contributed by atoms with Crippen molar-refractivity contribution in [2.75, 3.05) is 27.6 Å². The van der Waals surface area contributed by atoms with Crippen LogP contribution in [0.25, 0.3) is 0 Å². The Morgan fingerprint density at radius 2 is 1.84 bits per heavy atom. The number of hydrogen-bond donors (Lipinski definition) is 0. The monoisotopic (exact) mass is 370 g/mol. The highest BCUT2D eigenvalue weighted by atomic mass is 28.4. The molecule has 0 spiro atoms. The lowest BCUT2D eigenvalue weighted by Crippen LogP contribution is -2.49. The molecule has 0 N–H and O–H groups in total. The Hall–Kier alpha value is -1.12. The Labute approximate surface area is 151 Å². The molecule has 0 aromatic heterocycles. The van der Waals surface area contributed by atoms with Crippen LogP contribution >= 0.6 is 0 Å². The van der Waals surface area contributed by atoms with E-state index in [0.29, 0.717) is 18.3 Å². The molecule has 1 aliphatic rings. The van der Waals surface area contributed by atoms with Gasteiger partial charge in [-0.3, -0.25) is 0 Å². The molecule has 6 nitrogen and oxygen atoms in total. The molecule has 1 aromatic rings. The zero-order chi connectivity index (χ0) is 18.5. The standard InChI is InChI=1S/C18H30O6Si/c1-14(2)9-10-18(3)23-12-15-11-16(7-8-17(15)24-18)22-13-25(19-4,20-5)21-6/h7-8,11,14H,9-10,12-13H2,1-6H3. The zero-order valence-electron chi connectivity index (χ0n) is 16.1. The molecule has 0 aliphatic carbocycles. The molecule has 1 atom stereocenters. The Bertz CT molecular complexity index is 552. The summed E-state index contributed by atoms with van der Waals surface area (Å²) in [4.78, 5) is 0. The second kappa shape index (κ2) is 8.51. The van der Waals surface area contributed by atoms with Crippen LogP contribution in [0.1, 0.15) is 39.2 Å². The van der Waals surface area contributed by atoms with E-state index < -0.39 is 14.6 Å². The highest BCUT2D eigenvalue weighted by molar-refractivity contribution is 6.60. The van der Waals surface area contributed by atoms with Crippen LogP contribution < -0.4 is 9.47 Å². The zero-order valence-corrected chi connectivity index (χ0v) is 17.1. The average molecular weight is 371 g/mol. The minimum atomic E-state index is -2.76. The van der Waals surface area contributed by atoms with Gasteiger partial charge in [0.2, 0.25) is 5.79 Å². The van der Waals surface area contributed by atoms with Gasteiger partial charge in [0.25, 0.3) is 0 Å². The maximum Gasteiger partial charge on any atom is 0.539 e. The van der Waals surface area contributed by atoms with Crippen molar-refractivity contribution in [3.05, 3.63) is 23.8 Å². The fraction of sp³-hybridized carbons (Fsp3) is 0.667. The van der Waals surface area contributed by atoms with E-state index in [0.717, 1.165) is 24.2 Å². The van der Waals surface area contributed by atoms with Crippen molar-refractivity contribution in [2.24, 2.45) is 5.92 Å². The Kier molecular flexibility index (Phi) is 6.87. The van der Waals surface area contributed by atoms with E-state index >= 15 is 0 Å². The van der Waals surface area contributed by atoms with Gasteiger partial charge < -0.3 is 27.5 Å². The third kappa shape index (κ3) is 5.18. The molecule has 0 saturated carbocycles. The third-order valence-corrected chi connectivity index (χ3v) is 6.78. The van der Waals surface area contributed by atoms with Crippen LogP contribution in [0, 0.1) is 5.92 Å². The Morgan fingerprint density at radius 3 is 2.44 bits per heavy atom. The van der Waals surface area contributed by atoms with Crippen molar-refractivity contribution in [2.45, 2.75) is 46.0 Å². The van der Waals surface area contributed by atoms with Crippen molar-refractivity contribution in [3.63, 3.8) is 0 Å². The summed E-state index contributed by atoms with van der Waals surface area (Å²) in [5.41, 5.74) is 0.971. The number of rotatable bonds is 9. The second-order valence-electron chi connectivity index (χ2n) is 6.81. The fourth-order valence-corrected chi connectivity index (χ4v) is 3.82. The molecule has 0 amide bonds. The summed E-state index contributed by atoms with van der Waals surface area (Å²) in [6.07, 6.45) is 2.17. The molecule has 1 unspecified atom stereocenters. The van der Waals surface area contributed by atoms with Crippen molar-refractivity contribution < 1.29 is 27.5 Å². The topological polar surface area (TPSA) is 55.4 Å². The van der Waals surface area contributed by atoms with Gasteiger partial charge >= 0.3 is 8.80 Å². The molecule has 25 heavy (non-hydrogen) atoms. The van der Waals surface area contributed by atoms with Crippen molar-refractivity contribution in [3.8, 4) is 11.5 Å². The summed E-state index contributed by atoms with van der Waals surface area (Å²) >= 11 is 0. The van der Waals surface area contributed by atoms with Gasteiger partial charge in [-0.15, -0.1) is 0 Å². The van der Waals surface area contributed by atoms with Gasteiger partial charge in [-0.1, -0.05) is 13.8 Å². The Morgan fingerprint density at radius 1 is 1.16 bits per heavy atom. The number of hydrogen-bond acceptors (Lipinski definition) is 6. The molecular formula is C18H30O6Si. The number of fused-ring (bicyclic) bond motifs is 1. The number of benzene rings is 1. The molecule has 0 saturated heterocycles. The van der Waals surface area contributed by atoms with Crippen LogP contribution in [-0.2, 0) is 24.6 Å². The van der Waals surface area contributed by atoms with E-state index in [-0.39, 0.29) is 6.23 Å². The van der Waals surface area contributed by atoms with Gasteiger partial charge in [0.1, 0.15) is 11.5 Å². The molecule has 0 fully saturated rings. The predicted molar refractivity (Wildman–Crippen MR) is 96.6 cm³/mol. The highest BCUT2D eigenvalue weighted by Crippen LogP contribution is 2.36. The lowest BCUT2D eigenvalue weighted by atomic mass is 10.0. The molecule has 1 aliphatic heterocycles. The Balaban J connectivity index is 2.02. The molecule has 2 rings (SSSR count). The molecular weight excluding hydrogens is 340 g/mol. The molecule has 0 radical (unpaired) electrons. The summed E-state index contributed by atoms with van der Waals surface area (Å²) in [7, 11) is 1.93. The summed E-state index contributed by atoms with van der Waals surface area (Å²) in [5, 5.41) is 0. The maximum atomic E-state index is 6.09. The van der Waals surface area contributed by atoms with E-state index in [2.05, 4.69) is 13.8 Å². The second-order valence-corrected chi connectivity index (χ2v) is 9.69. The third-order valence-electron chi connectivity index (χ3n) is 4.42. The van der Waals surface area contributed by atoms with Gasteiger partial charge in [0.15, 0.2) is 6.23 Å². The van der Waals surface area contributed by atoms with Gasteiger partial charge in [-0.05, 0) is 30.5 Å². The first-order valence-electron chi connectivity index (χ1n) is 8.59. The van der Waals surface area contributed by atoms with Crippen molar-refractivity contribution in [1.29, 1.82) is 0 Å². The predicted octanol–water partition coefficient (Wildman–Crippen LogP) is 3.54. The largest absolute Gasteiger partial charge is 0.539 e. The SMILES string of the molecule is CO[Si](COc1ccc2c(c1)COC(C)(CCC(C)C)O2)(OC)OC. The van der Waals surface area contributed by atoms with Gasteiger partial charge in [-0.25, -0.2) is 0 Å². The van der Waals surface area contributed by atoms with E-state index in [4.69, 9.17) is 27.5 Å². The smallest absolute Gasteiger partial charge is 0.489 e. The van der Waals surface area contributed by atoms with Crippen LogP contribution in [0.15, 0.2) is 18.2 Å². The molecule has 7 heteroatoms. The fourth-order valence-electron chi connectivity index (χ4n) is 2.62. The average Bonchev–Trinajstić information content (AvgIpc) is 2.62. The van der Waals surface area contributed by atoms with Crippen LogP contribution in [0.4, 0.5) is 0 Å². The van der Waals surface area contributed by atoms with Crippen LogP contribution in [0.5, 0.6) is 11.5 Å². The van der Waals surface area contributed by atoms with Gasteiger partial charge in [0.05, 0.1) is 6.61 Å². The first kappa shape index (κ1) is 20.2.